The van der Waals surface area contributed by atoms with Crippen molar-refractivity contribution in [3.63, 3.8) is 0 Å². The van der Waals surface area contributed by atoms with Crippen LogP contribution in [0.5, 0.6) is 0 Å². The van der Waals surface area contributed by atoms with Crippen LogP contribution in [0.1, 0.15) is 16.5 Å². The molecule has 1 heterocycles. The summed E-state index contributed by atoms with van der Waals surface area (Å²) in [6.07, 6.45) is 1.80. The Balaban J connectivity index is 1.94. The number of hydrogen-bond donors (Lipinski definition) is 2. The molecule has 1 aromatic heterocycles. The Morgan fingerprint density at radius 3 is 2.75 bits per heavy atom. The number of rotatable bonds is 5. The molecule has 0 saturated carbocycles. The van der Waals surface area contributed by atoms with Gasteiger partial charge in [0.05, 0.1) is 18.2 Å². The van der Waals surface area contributed by atoms with Gasteiger partial charge in [-0.15, -0.1) is 11.3 Å². The van der Waals surface area contributed by atoms with E-state index in [4.69, 9.17) is 0 Å². The number of aromatic nitrogens is 1. The summed E-state index contributed by atoms with van der Waals surface area (Å²) in [6, 6.07) is 10.1. The van der Waals surface area contributed by atoms with Crippen molar-refractivity contribution in [2.75, 3.05) is 6.61 Å². The molecule has 2 N–H and O–H groups in total. The first-order valence-electron chi connectivity index (χ1n) is 5.16. The Labute approximate surface area is 98.8 Å². The lowest BCUT2D eigenvalue weighted by molar-refractivity contribution is 0.245. The molecule has 0 bridgehead atoms. The third kappa shape index (κ3) is 2.88. The number of nitrogens with zero attached hydrogens (tertiary/aromatic N) is 1. The Morgan fingerprint density at radius 2 is 2.12 bits per heavy atom. The van der Waals surface area contributed by atoms with E-state index in [1.807, 2.05) is 18.2 Å². The second-order valence-corrected chi connectivity index (χ2v) is 4.42. The average Bonchev–Trinajstić information content (AvgIpc) is 2.85. The van der Waals surface area contributed by atoms with Gasteiger partial charge in [0.2, 0.25) is 0 Å². The number of nitrogens with one attached hydrogen (secondary N) is 1. The summed E-state index contributed by atoms with van der Waals surface area (Å²) < 4.78 is 0. The van der Waals surface area contributed by atoms with Gasteiger partial charge in [0.15, 0.2) is 0 Å². The minimum absolute atomic E-state index is 0.0206. The van der Waals surface area contributed by atoms with Crippen molar-refractivity contribution in [2.24, 2.45) is 0 Å². The van der Waals surface area contributed by atoms with Crippen molar-refractivity contribution >= 4 is 11.3 Å². The number of thiazole rings is 1. The number of benzene rings is 1. The summed E-state index contributed by atoms with van der Waals surface area (Å²) in [4.78, 5) is 5.08. The Morgan fingerprint density at radius 1 is 1.31 bits per heavy atom. The molecule has 2 aromatic rings. The first kappa shape index (κ1) is 11.3. The van der Waals surface area contributed by atoms with E-state index >= 15 is 0 Å². The normalized spacial score (nSPS) is 12.6. The fourth-order valence-electron chi connectivity index (χ4n) is 1.49. The van der Waals surface area contributed by atoms with Gasteiger partial charge in [-0.05, 0) is 5.56 Å². The standard InChI is InChI=1S/C12H14N2OS/c15-8-11(12-7-13-9-16-12)14-6-10-4-2-1-3-5-10/h1-5,7,9,11,14-15H,6,8H2. The van der Waals surface area contributed by atoms with E-state index in [1.54, 1.807) is 23.0 Å². The van der Waals surface area contributed by atoms with Gasteiger partial charge in [0.25, 0.3) is 0 Å². The monoisotopic (exact) mass is 234 g/mol. The highest BCUT2D eigenvalue weighted by molar-refractivity contribution is 7.09. The maximum Gasteiger partial charge on any atom is 0.0794 e. The van der Waals surface area contributed by atoms with Crippen molar-refractivity contribution in [1.29, 1.82) is 0 Å². The number of hydrogen-bond acceptors (Lipinski definition) is 4. The maximum absolute atomic E-state index is 9.29. The van der Waals surface area contributed by atoms with Crippen molar-refractivity contribution in [3.05, 3.63) is 52.5 Å². The van der Waals surface area contributed by atoms with Crippen molar-refractivity contribution in [1.82, 2.24) is 10.3 Å². The molecule has 0 aliphatic carbocycles. The first-order chi connectivity index (χ1) is 7.90. The van der Waals surface area contributed by atoms with Gasteiger partial charge in [-0.1, -0.05) is 30.3 Å². The largest absolute Gasteiger partial charge is 0.394 e. The van der Waals surface area contributed by atoms with Crippen LogP contribution in [0.2, 0.25) is 0 Å². The van der Waals surface area contributed by atoms with Crippen LogP contribution in [-0.4, -0.2) is 16.7 Å². The Bertz CT molecular complexity index is 402. The molecule has 0 amide bonds. The van der Waals surface area contributed by atoms with Crippen LogP contribution in [0.25, 0.3) is 0 Å². The lowest BCUT2D eigenvalue weighted by Crippen LogP contribution is -2.23. The molecular weight excluding hydrogens is 220 g/mol. The molecule has 1 unspecified atom stereocenters. The van der Waals surface area contributed by atoms with Crippen LogP contribution in [0, 0.1) is 0 Å². The van der Waals surface area contributed by atoms with E-state index in [2.05, 4.69) is 22.4 Å². The summed E-state index contributed by atoms with van der Waals surface area (Å²) in [5, 5.41) is 12.6. The van der Waals surface area contributed by atoms with E-state index in [9.17, 15) is 5.11 Å². The third-order valence-electron chi connectivity index (χ3n) is 2.37. The van der Waals surface area contributed by atoms with Gasteiger partial charge in [-0.2, -0.15) is 0 Å². The molecular formula is C12H14N2OS. The summed E-state index contributed by atoms with van der Waals surface area (Å²) in [5.74, 6) is 0. The highest BCUT2D eigenvalue weighted by atomic mass is 32.1. The van der Waals surface area contributed by atoms with E-state index in [0.29, 0.717) is 0 Å². The molecule has 16 heavy (non-hydrogen) atoms. The van der Waals surface area contributed by atoms with Gasteiger partial charge in [0.1, 0.15) is 0 Å². The van der Waals surface area contributed by atoms with Crippen LogP contribution < -0.4 is 5.32 Å². The molecule has 0 aliphatic heterocycles. The van der Waals surface area contributed by atoms with E-state index in [0.717, 1.165) is 11.4 Å². The molecule has 0 spiro atoms. The summed E-state index contributed by atoms with van der Waals surface area (Å²) >= 11 is 1.56. The maximum atomic E-state index is 9.29. The minimum atomic E-state index is -0.0206. The molecule has 0 fully saturated rings. The predicted molar refractivity (Wildman–Crippen MR) is 65.2 cm³/mol. The van der Waals surface area contributed by atoms with Crippen LogP contribution in [-0.2, 0) is 6.54 Å². The Hall–Kier alpha value is -1.23. The lowest BCUT2D eigenvalue weighted by Gasteiger charge is -2.14. The molecule has 1 atom stereocenters. The van der Waals surface area contributed by atoms with Crippen LogP contribution >= 0.6 is 11.3 Å². The van der Waals surface area contributed by atoms with E-state index in [1.165, 1.54) is 5.56 Å². The molecule has 0 saturated heterocycles. The van der Waals surface area contributed by atoms with E-state index in [-0.39, 0.29) is 12.6 Å². The smallest absolute Gasteiger partial charge is 0.0794 e. The SMILES string of the molecule is OCC(NCc1ccccc1)c1cncs1. The minimum Gasteiger partial charge on any atom is -0.394 e. The highest BCUT2D eigenvalue weighted by Gasteiger charge is 2.10. The highest BCUT2D eigenvalue weighted by Crippen LogP contribution is 2.16. The van der Waals surface area contributed by atoms with Crippen LogP contribution in [0.15, 0.2) is 42.0 Å². The van der Waals surface area contributed by atoms with Crippen LogP contribution in [0.4, 0.5) is 0 Å². The molecule has 1 aromatic carbocycles. The topological polar surface area (TPSA) is 45.1 Å². The van der Waals surface area contributed by atoms with Gasteiger partial charge in [-0.3, -0.25) is 4.98 Å². The lowest BCUT2D eigenvalue weighted by atomic mass is 10.2. The second kappa shape index (κ2) is 5.75. The molecule has 3 nitrogen and oxygen atoms in total. The molecule has 2 rings (SSSR count). The average molecular weight is 234 g/mol. The zero-order valence-corrected chi connectivity index (χ0v) is 9.65. The molecule has 84 valence electrons. The fourth-order valence-corrected chi connectivity index (χ4v) is 2.18. The predicted octanol–water partition coefficient (Wildman–Crippen LogP) is 1.97. The number of aliphatic hydroxyl groups excluding tert-OH is 1. The molecule has 0 aliphatic rings. The summed E-state index contributed by atoms with van der Waals surface area (Å²) in [5.41, 5.74) is 2.99. The Kier molecular flexibility index (Phi) is 4.04. The zero-order chi connectivity index (χ0) is 11.2. The van der Waals surface area contributed by atoms with Crippen molar-refractivity contribution < 1.29 is 5.11 Å². The molecule has 0 radical (unpaired) electrons. The van der Waals surface area contributed by atoms with Gasteiger partial charge >= 0.3 is 0 Å². The quantitative estimate of drug-likeness (QED) is 0.831. The fraction of sp³-hybridized carbons (Fsp3) is 0.250. The van der Waals surface area contributed by atoms with E-state index < -0.39 is 0 Å². The zero-order valence-electron chi connectivity index (χ0n) is 8.84. The summed E-state index contributed by atoms with van der Waals surface area (Å²) in [6.45, 7) is 0.846. The van der Waals surface area contributed by atoms with Crippen LogP contribution in [0.3, 0.4) is 0 Å². The summed E-state index contributed by atoms with van der Waals surface area (Å²) in [7, 11) is 0. The third-order valence-corrected chi connectivity index (χ3v) is 3.26. The first-order valence-corrected chi connectivity index (χ1v) is 6.04. The molecule has 4 heteroatoms. The van der Waals surface area contributed by atoms with Gasteiger partial charge in [0, 0.05) is 17.6 Å². The van der Waals surface area contributed by atoms with Gasteiger partial charge in [-0.25, -0.2) is 0 Å². The van der Waals surface area contributed by atoms with Gasteiger partial charge < -0.3 is 10.4 Å². The van der Waals surface area contributed by atoms with Crippen molar-refractivity contribution in [2.45, 2.75) is 12.6 Å². The number of aliphatic hydroxyl groups is 1. The van der Waals surface area contributed by atoms with Crippen molar-refractivity contribution in [3.8, 4) is 0 Å². The second-order valence-electron chi connectivity index (χ2n) is 3.51.